The van der Waals surface area contributed by atoms with E-state index in [9.17, 15) is 18.4 Å². The summed E-state index contributed by atoms with van der Waals surface area (Å²) in [4.78, 5) is 21.9. The van der Waals surface area contributed by atoms with Crippen LogP contribution in [-0.2, 0) is 9.59 Å². The molecule has 3 nitrogen and oxygen atoms in total. The molecule has 0 N–H and O–H groups in total. The van der Waals surface area contributed by atoms with Crippen molar-refractivity contribution in [2.45, 2.75) is 38.2 Å². The van der Waals surface area contributed by atoms with Crippen LogP contribution in [0.15, 0.2) is 0 Å². The number of amides is 2. The van der Waals surface area contributed by atoms with Gasteiger partial charge in [-0.2, -0.15) is 0 Å². The first-order valence-electron chi connectivity index (χ1n) is 4.17. The topological polar surface area (TPSA) is 37.4 Å². The maximum atomic E-state index is 13.1. The van der Waals surface area contributed by atoms with Gasteiger partial charge >= 0.3 is 0 Å². The molecule has 0 saturated carbocycles. The Morgan fingerprint density at radius 3 is 2.77 bits per heavy atom. The van der Waals surface area contributed by atoms with Crippen molar-refractivity contribution in [3.8, 4) is 0 Å². The number of carbonyl (C=O) groups excluding carboxylic acids is 2. The van der Waals surface area contributed by atoms with Gasteiger partial charge in [-0.05, 0) is 6.42 Å². The molecular formula is C8H11F2NO2. The van der Waals surface area contributed by atoms with Crippen LogP contribution in [0.3, 0.4) is 0 Å². The van der Waals surface area contributed by atoms with Gasteiger partial charge in [-0.15, -0.1) is 0 Å². The van der Waals surface area contributed by atoms with Crippen molar-refractivity contribution in [3.63, 3.8) is 0 Å². The maximum Gasteiger partial charge on any atom is 0.268 e. The first kappa shape index (κ1) is 10.1. The summed E-state index contributed by atoms with van der Waals surface area (Å²) in [5.41, 5.74) is 0. The summed E-state index contributed by atoms with van der Waals surface area (Å²) in [5.74, 6) is -3.46. The van der Waals surface area contributed by atoms with Gasteiger partial charge in [0.2, 0.25) is 12.3 Å². The highest BCUT2D eigenvalue weighted by Crippen LogP contribution is 2.33. The van der Waals surface area contributed by atoms with E-state index < -0.39 is 17.9 Å². The smallest absolute Gasteiger partial charge is 0.268 e. The second kappa shape index (κ2) is 3.40. The molecule has 1 rings (SSSR count). The number of rotatable bonds is 3. The van der Waals surface area contributed by atoms with Crippen LogP contribution < -0.4 is 0 Å². The molecular weight excluding hydrogens is 180 g/mol. The van der Waals surface area contributed by atoms with E-state index in [1.807, 2.05) is 0 Å². The second-order valence-corrected chi connectivity index (χ2v) is 3.08. The van der Waals surface area contributed by atoms with Crippen molar-refractivity contribution in [1.82, 2.24) is 4.90 Å². The van der Waals surface area contributed by atoms with Gasteiger partial charge < -0.3 is 0 Å². The van der Waals surface area contributed by atoms with Gasteiger partial charge in [-0.1, -0.05) is 6.92 Å². The number of hydrogen-bond acceptors (Lipinski definition) is 2. The van der Waals surface area contributed by atoms with Crippen LogP contribution >= 0.6 is 0 Å². The Kier molecular flexibility index (Phi) is 2.63. The van der Waals surface area contributed by atoms with E-state index in [0.29, 0.717) is 4.90 Å². The lowest BCUT2D eigenvalue weighted by atomic mass is 10.1. The zero-order chi connectivity index (χ0) is 10.1. The summed E-state index contributed by atoms with van der Waals surface area (Å²) in [6, 6.07) is -1.23. The minimum absolute atomic E-state index is 0.0407. The number of carbonyl (C=O) groups is 2. The van der Waals surface area contributed by atoms with Gasteiger partial charge in [-0.25, -0.2) is 8.78 Å². The van der Waals surface area contributed by atoms with Crippen molar-refractivity contribution in [2.24, 2.45) is 0 Å². The van der Waals surface area contributed by atoms with Gasteiger partial charge in [0.15, 0.2) is 0 Å². The third-order valence-electron chi connectivity index (χ3n) is 2.33. The van der Waals surface area contributed by atoms with Crippen molar-refractivity contribution in [2.75, 3.05) is 0 Å². The molecule has 2 amide bonds. The fourth-order valence-corrected chi connectivity index (χ4v) is 1.48. The van der Waals surface area contributed by atoms with Crippen LogP contribution in [0.2, 0.25) is 0 Å². The normalized spacial score (nSPS) is 23.8. The van der Waals surface area contributed by atoms with Gasteiger partial charge in [0.1, 0.15) is 6.04 Å². The van der Waals surface area contributed by atoms with Gasteiger partial charge in [-0.3, -0.25) is 14.5 Å². The van der Waals surface area contributed by atoms with Gasteiger partial charge in [0, 0.05) is 12.8 Å². The van der Waals surface area contributed by atoms with Crippen LogP contribution in [-0.4, -0.2) is 29.2 Å². The zero-order valence-corrected chi connectivity index (χ0v) is 7.30. The lowest BCUT2D eigenvalue weighted by Crippen LogP contribution is -2.44. The third kappa shape index (κ3) is 1.68. The Balaban J connectivity index is 2.81. The lowest BCUT2D eigenvalue weighted by Gasteiger charge is -2.26. The summed E-state index contributed by atoms with van der Waals surface area (Å²) in [5, 5.41) is 0. The van der Waals surface area contributed by atoms with E-state index in [0.717, 1.165) is 0 Å². The Morgan fingerprint density at radius 1 is 1.69 bits per heavy atom. The molecule has 13 heavy (non-hydrogen) atoms. The highest BCUT2D eigenvalue weighted by Gasteiger charge is 2.46. The summed E-state index contributed by atoms with van der Waals surface area (Å²) in [6.07, 6.45) is -0.0454. The average molecular weight is 191 g/mol. The highest BCUT2D eigenvalue weighted by atomic mass is 19.3. The summed E-state index contributed by atoms with van der Waals surface area (Å²) in [6.45, 7) is 1.34. The largest absolute Gasteiger partial charge is 0.278 e. The van der Waals surface area contributed by atoms with Crippen LogP contribution in [0.25, 0.3) is 0 Å². The van der Waals surface area contributed by atoms with E-state index in [2.05, 4.69) is 0 Å². The molecule has 0 aliphatic carbocycles. The second-order valence-electron chi connectivity index (χ2n) is 3.08. The lowest BCUT2D eigenvalue weighted by molar-refractivity contribution is -0.145. The van der Waals surface area contributed by atoms with Crippen LogP contribution in [0.4, 0.5) is 8.78 Å². The minimum atomic E-state index is -2.95. The molecule has 1 unspecified atom stereocenters. The van der Waals surface area contributed by atoms with E-state index in [-0.39, 0.29) is 25.7 Å². The molecule has 74 valence electrons. The third-order valence-corrected chi connectivity index (χ3v) is 2.33. The average Bonchev–Trinajstić information content (AvgIpc) is 2.47. The molecule has 0 aromatic heterocycles. The molecule has 0 bridgehead atoms. The summed E-state index contributed by atoms with van der Waals surface area (Å²) < 4.78 is 26.2. The molecule has 0 radical (unpaired) electrons. The quantitative estimate of drug-likeness (QED) is 0.628. The minimum Gasteiger partial charge on any atom is -0.278 e. The fraction of sp³-hybridized carbons (Fsp3) is 0.750. The number of hydrogen-bond donors (Lipinski definition) is 0. The Morgan fingerprint density at radius 2 is 2.31 bits per heavy atom. The van der Waals surface area contributed by atoms with E-state index in [1.165, 1.54) is 6.92 Å². The van der Waals surface area contributed by atoms with Gasteiger partial charge in [0.25, 0.3) is 5.92 Å². The molecule has 0 aromatic rings. The number of likely N-dealkylation sites (tertiary alicyclic amines) is 1. The van der Waals surface area contributed by atoms with Crippen molar-refractivity contribution < 1.29 is 18.4 Å². The van der Waals surface area contributed by atoms with Crippen molar-refractivity contribution in [3.05, 3.63) is 0 Å². The molecule has 5 heteroatoms. The van der Waals surface area contributed by atoms with Crippen LogP contribution in [0.1, 0.15) is 26.2 Å². The first-order valence-corrected chi connectivity index (χ1v) is 4.17. The van der Waals surface area contributed by atoms with E-state index in [4.69, 9.17) is 0 Å². The monoisotopic (exact) mass is 191 g/mol. The number of halogens is 2. The molecule has 1 saturated heterocycles. The van der Waals surface area contributed by atoms with Crippen molar-refractivity contribution in [1.29, 1.82) is 0 Å². The maximum absolute atomic E-state index is 13.1. The van der Waals surface area contributed by atoms with Crippen LogP contribution in [0, 0.1) is 0 Å². The predicted octanol–water partition coefficient (Wildman–Crippen LogP) is 1.18. The number of nitrogens with zero attached hydrogens (tertiary/aromatic N) is 1. The van der Waals surface area contributed by atoms with E-state index >= 15 is 0 Å². The Labute approximate surface area is 74.7 Å². The Bertz CT molecular complexity index is 230. The molecule has 1 heterocycles. The first-order chi connectivity index (χ1) is 6.03. The van der Waals surface area contributed by atoms with Crippen molar-refractivity contribution >= 4 is 12.3 Å². The summed E-state index contributed by atoms with van der Waals surface area (Å²) in [7, 11) is 0. The highest BCUT2D eigenvalue weighted by molar-refractivity contribution is 5.88. The molecule has 1 fully saturated rings. The molecule has 0 spiro atoms. The van der Waals surface area contributed by atoms with E-state index in [1.54, 1.807) is 0 Å². The van der Waals surface area contributed by atoms with Gasteiger partial charge in [0.05, 0.1) is 0 Å². The fourth-order valence-electron chi connectivity index (χ4n) is 1.48. The molecule has 1 aliphatic heterocycles. The standard InChI is InChI=1S/C8H11F2NO2/c1-2-8(9,10)6-3-4-7(13)11(6)5-12/h5-6H,2-4H2,1H3. The molecule has 1 atom stereocenters. The number of imide groups is 1. The molecule has 1 aliphatic rings. The molecule has 0 aromatic carbocycles. The summed E-state index contributed by atoms with van der Waals surface area (Å²) >= 11 is 0. The predicted molar refractivity (Wildman–Crippen MR) is 41.2 cm³/mol. The zero-order valence-electron chi connectivity index (χ0n) is 7.30. The SMILES string of the molecule is CCC(F)(F)C1CCC(=O)N1C=O. The van der Waals surface area contributed by atoms with Crippen LogP contribution in [0.5, 0.6) is 0 Å². The Hall–Kier alpha value is -1.00. The number of alkyl halides is 2.